The number of para-hydroxylation sites is 2. The molecule has 5 aromatic carbocycles. The van der Waals surface area contributed by atoms with Crippen LogP contribution in [0.1, 0.15) is 94.5 Å². The summed E-state index contributed by atoms with van der Waals surface area (Å²) in [4.78, 5) is 14.8. The molecule has 9 rings (SSSR count). The van der Waals surface area contributed by atoms with E-state index >= 15 is 0 Å². The molecule has 0 unspecified atom stereocenters. The fraction of sp³-hybridized carbons (Fsp3) is 0.278. The number of furan rings is 1. The topological polar surface area (TPSA) is 56.7 Å². The molecule has 0 aliphatic heterocycles. The molecule has 313 valence electrons. The number of aromatic nitrogens is 4. The normalized spacial score (nSPS) is 11.9. The molecule has 7 heteroatoms. The Morgan fingerprint density at radius 1 is 0.721 bits per heavy atom. The zero-order chi connectivity index (χ0) is 42.3. The molecular weight excluding hydrogens is 941 g/mol. The maximum Gasteiger partial charge on any atom is 0.216 e. The van der Waals surface area contributed by atoms with E-state index in [9.17, 15) is 0 Å². The van der Waals surface area contributed by atoms with E-state index in [2.05, 4.69) is 187 Å². The largest absolute Gasteiger partial charge is 0.486 e. The van der Waals surface area contributed by atoms with Gasteiger partial charge in [0.1, 0.15) is 0 Å². The second-order valence-corrected chi connectivity index (χ2v) is 22.9. The molecule has 0 atom stereocenters. The van der Waals surface area contributed by atoms with E-state index in [0.29, 0.717) is 23.5 Å². The molecule has 9 aromatic rings. The van der Waals surface area contributed by atoms with Crippen LogP contribution < -0.4 is 5.19 Å². The summed E-state index contributed by atoms with van der Waals surface area (Å²) in [5.41, 5.74) is 12.8. The molecule has 0 fully saturated rings. The molecule has 0 N–H and O–H groups in total. The van der Waals surface area contributed by atoms with Crippen LogP contribution in [0, 0.1) is 19.1 Å². The van der Waals surface area contributed by atoms with Crippen LogP contribution in [0.5, 0.6) is 0 Å². The molecular formula is C54H56IrN4OSi-2. The van der Waals surface area contributed by atoms with E-state index in [0.717, 1.165) is 68.6 Å². The number of rotatable bonds is 9. The van der Waals surface area contributed by atoms with Crippen molar-refractivity contribution in [3.05, 3.63) is 150 Å². The van der Waals surface area contributed by atoms with Crippen LogP contribution in [0.25, 0.3) is 72.2 Å². The fourth-order valence-electron chi connectivity index (χ4n) is 8.43. The smallest absolute Gasteiger partial charge is 0.216 e. The summed E-state index contributed by atoms with van der Waals surface area (Å²) >= 11 is 0. The predicted octanol–water partition coefficient (Wildman–Crippen LogP) is 14.5. The number of hydrogen-bond donors (Lipinski definition) is 0. The van der Waals surface area contributed by atoms with Gasteiger partial charge in [0.2, 0.25) is 5.71 Å². The van der Waals surface area contributed by atoms with E-state index in [1.54, 1.807) is 0 Å². The van der Waals surface area contributed by atoms with Crippen molar-refractivity contribution in [3.8, 4) is 28.3 Å². The van der Waals surface area contributed by atoms with Gasteiger partial charge in [-0.3, -0.25) is 4.98 Å². The average molecular weight is 997 g/mol. The van der Waals surface area contributed by atoms with Crippen molar-refractivity contribution in [2.24, 2.45) is 0 Å². The van der Waals surface area contributed by atoms with Gasteiger partial charge in [-0.25, -0.2) is 4.98 Å². The van der Waals surface area contributed by atoms with Gasteiger partial charge in [-0.2, -0.15) is 0 Å². The Labute approximate surface area is 376 Å². The Hall–Kier alpha value is -5.20. The third kappa shape index (κ3) is 8.66. The van der Waals surface area contributed by atoms with Gasteiger partial charge < -0.3 is 14.0 Å². The number of imidazole rings is 1. The van der Waals surface area contributed by atoms with Gasteiger partial charge in [-0.15, -0.1) is 59.2 Å². The monoisotopic (exact) mass is 997 g/mol. The summed E-state index contributed by atoms with van der Waals surface area (Å²) in [5, 5.41) is 6.04. The number of benzene rings is 5. The van der Waals surface area contributed by atoms with Crippen molar-refractivity contribution in [3.63, 3.8) is 0 Å². The van der Waals surface area contributed by atoms with E-state index in [1.807, 2.05) is 18.3 Å². The predicted molar refractivity (Wildman–Crippen MR) is 256 cm³/mol. The molecule has 4 aromatic heterocycles. The summed E-state index contributed by atoms with van der Waals surface area (Å²) in [6.45, 7) is 22.7. The number of fused-ring (bicyclic) bond motifs is 5. The van der Waals surface area contributed by atoms with Gasteiger partial charge in [0.25, 0.3) is 0 Å². The quantitative estimate of drug-likeness (QED) is 0.107. The number of pyridine rings is 2. The van der Waals surface area contributed by atoms with Gasteiger partial charge in [-0.05, 0) is 87.8 Å². The van der Waals surface area contributed by atoms with Gasteiger partial charge in [0.05, 0.1) is 30.5 Å². The van der Waals surface area contributed by atoms with E-state index in [-0.39, 0.29) is 20.1 Å². The minimum Gasteiger partial charge on any atom is -0.486 e. The van der Waals surface area contributed by atoms with Gasteiger partial charge >= 0.3 is 0 Å². The Morgan fingerprint density at radius 2 is 1.46 bits per heavy atom. The Kier molecular flexibility index (Phi) is 13.0. The summed E-state index contributed by atoms with van der Waals surface area (Å²) < 4.78 is 8.66. The fourth-order valence-corrected chi connectivity index (χ4v) is 9.47. The van der Waals surface area contributed by atoms with Gasteiger partial charge in [-0.1, -0.05) is 122 Å². The SMILES string of the molecule is CCC(CC)c1ccc2c(n1)oc1c[c-]c(-c3nc4ccccc4n3-c3c(C(C)C)cc4ccccc4c3C(C)C)cc12.Cc1c[c-]c(-c2ccc([Si](C)(C)C)cn2)cc1.[Ir]. The van der Waals surface area contributed by atoms with Crippen LogP contribution in [0.2, 0.25) is 19.6 Å². The van der Waals surface area contributed by atoms with Crippen molar-refractivity contribution in [1.29, 1.82) is 0 Å². The summed E-state index contributed by atoms with van der Waals surface area (Å²) in [7, 11) is -1.24. The van der Waals surface area contributed by atoms with E-state index < -0.39 is 8.07 Å². The Balaban J connectivity index is 0.000000262. The van der Waals surface area contributed by atoms with Gasteiger partial charge in [0, 0.05) is 49.0 Å². The second-order valence-electron chi connectivity index (χ2n) is 17.8. The van der Waals surface area contributed by atoms with Crippen LogP contribution in [0.4, 0.5) is 0 Å². The average Bonchev–Trinajstić information content (AvgIpc) is 3.81. The minimum atomic E-state index is -1.24. The molecule has 4 heterocycles. The van der Waals surface area contributed by atoms with Crippen molar-refractivity contribution in [2.75, 3.05) is 0 Å². The first-order valence-corrected chi connectivity index (χ1v) is 25.1. The first kappa shape index (κ1) is 43.9. The molecule has 5 nitrogen and oxygen atoms in total. The second kappa shape index (κ2) is 18.0. The van der Waals surface area contributed by atoms with Crippen LogP contribution in [0.3, 0.4) is 0 Å². The third-order valence-corrected chi connectivity index (χ3v) is 13.9. The number of aryl methyl sites for hydroxylation is 1. The van der Waals surface area contributed by atoms with Gasteiger partial charge in [0.15, 0.2) is 0 Å². The molecule has 0 bridgehead atoms. The molecule has 0 spiro atoms. The summed E-state index contributed by atoms with van der Waals surface area (Å²) in [6.07, 6.45) is 4.15. The maximum absolute atomic E-state index is 6.28. The molecule has 0 amide bonds. The molecule has 61 heavy (non-hydrogen) atoms. The van der Waals surface area contributed by atoms with Crippen LogP contribution >= 0.6 is 0 Å². The van der Waals surface area contributed by atoms with E-state index in [1.165, 1.54) is 38.3 Å². The van der Waals surface area contributed by atoms with Crippen LogP contribution in [0.15, 0.2) is 120 Å². The van der Waals surface area contributed by atoms with Crippen molar-refractivity contribution in [2.45, 2.75) is 98.7 Å². The maximum atomic E-state index is 6.28. The van der Waals surface area contributed by atoms with Crippen molar-refractivity contribution < 1.29 is 24.5 Å². The third-order valence-electron chi connectivity index (χ3n) is 11.9. The first-order valence-electron chi connectivity index (χ1n) is 21.6. The molecule has 0 aliphatic rings. The summed E-state index contributed by atoms with van der Waals surface area (Å²) in [6, 6.07) is 45.4. The molecule has 1 radical (unpaired) electrons. The zero-order valence-corrected chi connectivity index (χ0v) is 40.5. The number of nitrogens with zero attached hydrogens (tertiary/aromatic N) is 4. The number of hydrogen-bond acceptors (Lipinski definition) is 4. The van der Waals surface area contributed by atoms with Crippen molar-refractivity contribution in [1.82, 2.24) is 19.5 Å². The zero-order valence-electron chi connectivity index (χ0n) is 37.1. The molecule has 0 saturated heterocycles. The van der Waals surface area contributed by atoms with Crippen LogP contribution in [-0.2, 0) is 20.1 Å². The standard InChI is InChI=1S/C39H38N3O.C15H18NSi.Ir/c1-7-25(8-2)32-19-18-29-31-22-27(17-20-35(31)43-39(29)41-32)38-40-33-15-11-12-16-34(33)42(38)37-30(23(3)4)21-26-13-9-10-14-28(26)36(37)24(5)6;1-12-5-7-13(8-6-12)15-10-9-14(11-16-15)17(2,3)4;/h9-16,18-25H,7-8H2,1-6H3;5-7,9-11H,1-4H3;/q2*-1;. The Bertz CT molecular complexity index is 2950. The molecule has 0 aliphatic carbocycles. The Morgan fingerprint density at radius 3 is 2.13 bits per heavy atom. The first-order chi connectivity index (χ1) is 28.9. The summed E-state index contributed by atoms with van der Waals surface area (Å²) in [5.74, 6) is 1.96. The molecule has 0 saturated carbocycles. The minimum absolute atomic E-state index is 0. The van der Waals surface area contributed by atoms with Crippen LogP contribution in [-0.4, -0.2) is 27.6 Å². The van der Waals surface area contributed by atoms with Crippen molar-refractivity contribution >= 4 is 57.1 Å². The van der Waals surface area contributed by atoms with E-state index in [4.69, 9.17) is 14.4 Å².